The summed E-state index contributed by atoms with van der Waals surface area (Å²) >= 11 is 0. The van der Waals surface area contributed by atoms with Gasteiger partial charge in [0.15, 0.2) is 6.10 Å². The van der Waals surface area contributed by atoms with Crippen molar-refractivity contribution in [2.45, 2.75) is 19.4 Å². The molecule has 104 valence electrons. The van der Waals surface area contributed by atoms with Gasteiger partial charge in [0, 0.05) is 19.2 Å². The summed E-state index contributed by atoms with van der Waals surface area (Å²) in [6.45, 7) is 3.28. The van der Waals surface area contributed by atoms with Crippen molar-refractivity contribution in [2.24, 2.45) is 0 Å². The molecule has 0 spiro atoms. The van der Waals surface area contributed by atoms with Crippen molar-refractivity contribution in [3.63, 3.8) is 0 Å². The van der Waals surface area contributed by atoms with Crippen molar-refractivity contribution in [1.82, 2.24) is 4.90 Å². The molecule has 0 saturated heterocycles. The first-order valence-electron chi connectivity index (χ1n) is 6.48. The van der Waals surface area contributed by atoms with E-state index in [0.29, 0.717) is 24.4 Å². The van der Waals surface area contributed by atoms with Gasteiger partial charge >= 0.3 is 0 Å². The van der Waals surface area contributed by atoms with E-state index >= 15 is 0 Å². The Morgan fingerprint density at radius 3 is 2.79 bits per heavy atom. The molecular formula is C14H20N2O3. The zero-order valence-electron chi connectivity index (χ0n) is 11.6. The highest BCUT2D eigenvalue weighted by atomic mass is 16.5. The van der Waals surface area contributed by atoms with Gasteiger partial charge in [-0.2, -0.15) is 0 Å². The summed E-state index contributed by atoms with van der Waals surface area (Å²) in [5, 5.41) is 9.59. The average Bonchev–Trinajstić information content (AvgIpc) is 2.37. The molecule has 19 heavy (non-hydrogen) atoms. The van der Waals surface area contributed by atoms with Gasteiger partial charge in [-0.1, -0.05) is 6.92 Å². The topological polar surface area (TPSA) is 53.0 Å². The number of nitrogens with zero attached hydrogens (tertiary/aromatic N) is 2. The molecule has 1 aromatic carbocycles. The van der Waals surface area contributed by atoms with Crippen LogP contribution in [-0.2, 0) is 4.79 Å². The van der Waals surface area contributed by atoms with Crippen LogP contribution in [0.5, 0.6) is 11.5 Å². The summed E-state index contributed by atoms with van der Waals surface area (Å²) in [5.41, 5.74) is 0.650. The fraction of sp³-hybridized carbons (Fsp3) is 0.500. The number of phenolic OH excluding ortho intramolecular Hbond substituents is 1. The number of anilines is 1. The van der Waals surface area contributed by atoms with Crippen LogP contribution in [0.1, 0.15) is 13.3 Å². The largest absolute Gasteiger partial charge is 0.508 e. The van der Waals surface area contributed by atoms with E-state index in [9.17, 15) is 9.90 Å². The highest BCUT2D eigenvalue weighted by molar-refractivity contribution is 6.00. The molecule has 0 aliphatic carbocycles. The summed E-state index contributed by atoms with van der Waals surface area (Å²) in [6, 6.07) is 4.86. The molecule has 2 rings (SSSR count). The van der Waals surface area contributed by atoms with Gasteiger partial charge in [-0.05, 0) is 32.6 Å². The number of phenols is 1. The van der Waals surface area contributed by atoms with Gasteiger partial charge in [0.1, 0.15) is 11.5 Å². The molecule has 5 heteroatoms. The second kappa shape index (κ2) is 5.48. The van der Waals surface area contributed by atoms with Crippen LogP contribution in [-0.4, -0.2) is 49.2 Å². The lowest BCUT2D eigenvalue weighted by molar-refractivity contribution is -0.126. The summed E-state index contributed by atoms with van der Waals surface area (Å²) in [6.07, 6.45) is 0.205. The predicted molar refractivity (Wildman–Crippen MR) is 73.7 cm³/mol. The molecule has 1 heterocycles. The van der Waals surface area contributed by atoms with E-state index < -0.39 is 6.10 Å². The Bertz CT molecular complexity index is 474. The fourth-order valence-corrected chi connectivity index (χ4v) is 2.10. The zero-order valence-corrected chi connectivity index (χ0v) is 11.6. The van der Waals surface area contributed by atoms with Gasteiger partial charge in [-0.15, -0.1) is 0 Å². The number of hydrogen-bond donors (Lipinski definition) is 1. The molecule has 1 unspecified atom stereocenters. The van der Waals surface area contributed by atoms with Gasteiger partial charge in [0.25, 0.3) is 5.91 Å². The van der Waals surface area contributed by atoms with E-state index in [4.69, 9.17) is 4.74 Å². The number of hydrogen-bond acceptors (Lipinski definition) is 4. The van der Waals surface area contributed by atoms with Crippen molar-refractivity contribution in [1.29, 1.82) is 0 Å². The number of amides is 1. The minimum atomic E-state index is -0.431. The first kappa shape index (κ1) is 13.7. The Morgan fingerprint density at radius 1 is 1.42 bits per heavy atom. The summed E-state index contributed by atoms with van der Waals surface area (Å²) in [7, 11) is 3.93. The van der Waals surface area contributed by atoms with Crippen LogP contribution in [0.2, 0.25) is 0 Å². The number of carbonyl (C=O) groups excluding carboxylic acids is 1. The minimum absolute atomic E-state index is 0.0394. The molecule has 1 amide bonds. The number of rotatable bonds is 4. The quantitative estimate of drug-likeness (QED) is 0.894. The molecule has 0 aromatic heterocycles. The van der Waals surface area contributed by atoms with Gasteiger partial charge in [-0.3, -0.25) is 4.79 Å². The van der Waals surface area contributed by atoms with Crippen molar-refractivity contribution in [3.8, 4) is 11.5 Å². The Balaban J connectivity index is 2.32. The third kappa shape index (κ3) is 2.81. The first-order valence-corrected chi connectivity index (χ1v) is 6.48. The molecule has 1 aliphatic rings. The molecule has 1 aliphatic heterocycles. The van der Waals surface area contributed by atoms with Gasteiger partial charge in [-0.25, -0.2) is 0 Å². The second-order valence-electron chi connectivity index (χ2n) is 4.96. The smallest absolute Gasteiger partial charge is 0.268 e. The van der Waals surface area contributed by atoms with Gasteiger partial charge in [0.05, 0.1) is 5.69 Å². The van der Waals surface area contributed by atoms with Crippen LogP contribution < -0.4 is 9.64 Å². The second-order valence-corrected chi connectivity index (χ2v) is 4.96. The van der Waals surface area contributed by atoms with E-state index in [-0.39, 0.29) is 11.7 Å². The Kier molecular flexibility index (Phi) is 3.95. The number of aromatic hydroxyl groups is 1. The number of benzene rings is 1. The van der Waals surface area contributed by atoms with E-state index in [2.05, 4.69) is 0 Å². The standard InChI is InChI=1S/C14H20N2O3/c1-4-12-14(18)16(8-7-15(2)3)11-9-10(17)5-6-13(11)19-12/h5-6,9,12,17H,4,7-8H2,1-3H3. The van der Waals surface area contributed by atoms with Crippen LogP contribution >= 0.6 is 0 Å². The minimum Gasteiger partial charge on any atom is -0.508 e. The summed E-state index contributed by atoms with van der Waals surface area (Å²) < 4.78 is 5.67. The maximum Gasteiger partial charge on any atom is 0.268 e. The van der Waals surface area contributed by atoms with Crippen molar-refractivity contribution in [3.05, 3.63) is 18.2 Å². The predicted octanol–water partition coefficient (Wildman–Crippen LogP) is 1.46. The van der Waals surface area contributed by atoms with Crippen molar-refractivity contribution in [2.75, 3.05) is 32.1 Å². The lowest BCUT2D eigenvalue weighted by Crippen LogP contribution is -2.47. The van der Waals surface area contributed by atoms with Crippen LogP contribution in [0, 0.1) is 0 Å². The lowest BCUT2D eigenvalue weighted by atomic mass is 10.1. The van der Waals surface area contributed by atoms with Gasteiger partial charge in [0.2, 0.25) is 0 Å². The van der Waals surface area contributed by atoms with Crippen LogP contribution in [0.3, 0.4) is 0 Å². The molecular weight excluding hydrogens is 244 g/mol. The number of ether oxygens (including phenoxy) is 1. The van der Waals surface area contributed by atoms with Gasteiger partial charge < -0.3 is 19.6 Å². The molecule has 0 radical (unpaired) electrons. The third-order valence-electron chi connectivity index (χ3n) is 3.19. The molecule has 0 saturated carbocycles. The molecule has 1 N–H and O–H groups in total. The highest BCUT2D eigenvalue weighted by Gasteiger charge is 2.33. The molecule has 5 nitrogen and oxygen atoms in total. The molecule has 0 bridgehead atoms. The maximum atomic E-state index is 12.3. The summed E-state index contributed by atoms with van der Waals surface area (Å²) in [5.74, 6) is 0.755. The number of likely N-dealkylation sites (N-methyl/N-ethyl adjacent to an activating group) is 1. The Labute approximate surface area is 113 Å². The van der Waals surface area contributed by atoms with E-state index in [0.717, 1.165) is 6.54 Å². The fourth-order valence-electron chi connectivity index (χ4n) is 2.10. The normalized spacial score (nSPS) is 18.4. The van der Waals surface area contributed by atoms with Crippen LogP contribution in [0.15, 0.2) is 18.2 Å². The van der Waals surface area contributed by atoms with E-state index in [1.54, 1.807) is 23.1 Å². The average molecular weight is 264 g/mol. The zero-order chi connectivity index (χ0) is 14.0. The van der Waals surface area contributed by atoms with Crippen molar-refractivity contribution < 1.29 is 14.6 Å². The van der Waals surface area contributed by atoms with E-state index in [1.807, 2.05) is 25.9 Å². The summed E-state index contributed by atoms with van der Waals surface area (Å²) in [4.78, 5) is 16.1. The SMILES string of the molecule is CCC1Oc2ccc(O)cc2N(CCN(C)C)C1=O. The Hall–Kier alpha value is -1.75. The Morgan fingerprint density at radius 2 is 2.16 bits per heavy atom. The highest BCUT2D eigenvalue weighted by Crippen LogP contribution is 2.37. The molecule has 1 atom stereocenters. The first-order chi connectivity index (χ1) is 9.02. The van der Waals surface area contributed by atoms with Crippen molar-refractivity contribution >= 4 is 11.6 Å². The maximum absolute atomic E-state index is 12.3. The third-order valence-corrected chi connectivity index (χ3v) is 3.19. The molecule has 0 fully saturated rings. The number of carbonyl (C=O) groups is 1. The number of fused-ring (bicyclic) bond motifs is 1. The molecule has 1 aromatic rings. The lowest BCUT2D eigenvalue weighted by Gasteiger charge is -2.34. The van der Waals surface area contributed by atoms with E-state index in [1.165, 1.54) is 0 Å². The monoisotopic (exact) mass is 264 g/mol. The van der Waals surface area contributed by atoms with Crippen LogP contribution in [0.4, 0.5) is 5.69 Å². The van der Waals surface area contributed by atoms with Crippen LogP contribution in [0.25, 0.3) is 0 Å².